The van der Waals surface area contributed by atoms with E-state index in [-0.39, 0.29) is 17.4 Å². The first-order valence-corrected chi connectivity index (χ1v) is 17.6. The van der Waals surface area contributed by atoms with E-state index in [2.05, 4.69) is 123 Å². The molecule has 40 heavy (non-hydrogen) atoms. The fourth-order valence-corrected chi connectivity index (χ4v) is 12.2. The average Bonchev–Trinajstić information content (AvgIpc) is 3.25. The van der Waals surface area contributed by atoms with Gasteiger partial charge in [-0.1, -0.05) is 100 Å². The summed E-state index contributed by atoms with van der Waals surface area (Å²) in [4.78, 5) is 11.9. The van der Waals surface area contributed by atoms with E-state index in [1.807, 2.05) is 0 Å². The number of hydrogen-bond donors (Lipinski definition) is 1. The largest absolute Gasteiger partial charge is 0.481 e. The van der Waals surface area contributed by atoms with Gasteiger partial charge in [-0.25, -0.2) is 0 Å². The van der Waals surface area contributed by atoms with E-state index in [1.165, 1.54) is 16.8 Å². The second-order valence-corrected chi connectivity index (χ2v) is 18.2. The Kier molecular flexibility index (Phi) is 10.3. The Bertz CT molecular complexity index is 1190. The minimum absolute atomic E-state index is 0.0435. The van der Waals surface area contributed by atoms with Gasteiger partial charge in [0.2, 0.25) is 0 Å². The van der Waals surface area contributed by atoms with Crippen LogP contribution >= 0.6 is 22.6 Å². The molecule has 1 saturated carbocycles. The average molecular weight is 674 g/mol. The molecule has 0 radical (unpaired) electrons. The first-order valence-electron chi connectivity index (χ1n) is 14.6. The Balaban J connectivity index is 1.50. The second-order valence-electron chi connectivity index (χ2n) is 12.9. The first-order chi connectivity index (χ1) is 19.0. The number of carboxylic acids is 1. The Morgan fingerprint density at radius 3 is 2.15 bits per heavy atom. The lowest BCUT2D eigenvalue weighted by atomic mass is 9.70. The predicted molar refractivity (Wildman–Crippen MR) is 172 cm³/mol. The SMILES string of the molecule is CC(C)CC1CC(c2onc([C@@H](CCCO[Si](c3ccccc3)(c3ccccc3)C(C)(C)C)CC(=O)O)c2I)C1. The normalized spacial score (nSPS) is 18.5. The van der Waals surface area contributed by atoms with Crippen molar-refractivity contribution < 1.29 is 18.9 Å². The third-order valence-corrected chi connectivity index (χ3v) is 14.5. The van der Waals surface area contributed by atoms with Gasteiger partial charge in [-0.05, 0) is 81.9 Å². The molecule has 1 heterocycles. The number of aromatic nitrogens is 1. The van der Waals surface area contributed by atoms with Gasteiger partial charge in [0.1, 0.15) is 5.69 Å². The zero-order chi connectivity index (χ0) is 28.9. The van der Waals surface area contributed by atoms with E-state index < -0.39 is 14.3 Å². The Labute approximate surface area is 254 Å². The molecular weight excluding hydrogens is 629 g/mol. The van der Waals surface area contributed by atoms with Crippen molar-refractivity contribution >= 4 is 47.3 Å². The summed E-state index contributed by atoms with van der Waals surface area (Å²) in [5, 5.41) is 16.6. The summed E-state index contributed by atoms with van der Waals surface area (Å²) in [7, 11) is -2.62. The zero-order valence-corrected chi connectivity index (χ0v) is 27.7. The predicted octanol–water partition coefficient (Wildman–Crippen LogP) is 7.73. The maximum Gasteiger partial charge on any atom is 0.304 e. The molecule has 0 saturated heterocycles. The molecular formula is C33H44INO4Si. The molecule has 7 heteroatoms. The van der Waals surface area contributed by atoms with Gasteiger partial charge in [-0.3, -0.25) is 4.79 Å². The van der Waals surface area contributed by atoms with E-state index in [9.17, 15) is 9.90 Å². The van der Waals surface area contributed by atoms with Crippen LogP contribution < -0.4 is 10.4 Å². The van der Waals surface area contributed by atoms with Crippen LogP contribution in [-0.4, -0.2) is 31.2 Å². The van der Waals surface area contributed by atoms with Crippen LogP contribution in [-0.2, 0) is 9.22 Å². The molecule has 0 bridgehead atoms. The molecule has 0 aliphatic heterocycles. The third kappa shape index (κ3) is 6.90. The Morgan fingerprint density at radius 1 is 1.07 bits per heavy atom. The molecule has 0 amide bonds. The highest BCUT2D eigenvalue weighted by Crippen LogP contribution is 2.47. The monoisotopic (exact) mass is 673 g/mol. The van der Waals surface area contributed by atoms with Gasteiger partial charge in [-0.2, -0.15) is 0 Å². The standard InChI is InChI=1S/C33H44INO4Si/c1-23(2)19-24-20-26(21-24)32-30(34)31(35-39-32)25(22-29(36)37)13-12-18-38-40(33(3,4)5,27-14-8-6-9-15-27)28-16-10-7-11-17-28/h6-11,14-17,23-26H,12-13,18-22H2,1-5H3,(H,36,37)/t24?,25-,26?/m0/s1. The molecule has 1 aliphatic carbocycles. The number of nitrogens with zero attached hydrogens (tertiary/aromatic N) is 1. The Hall–Kier alpha value is -1.97. The summed E-state index contributed by atoms with van der Waals surface area (Å²) in [6.45, 7) is 11.9. The van der Waals surface area contributed by atoms with Crippen molar-refractivity contribution in [3.05, 3.63) is 75.7 Å². The summed E-state index contributed by atoms with van der Waals surface area (Å²) in [5.41, 5.74) is 0.802. The van der Waals surface area contributed by atoms with Crippen molar-refractivity contribution in [2.75, 3.05) is 6.61 Å². The molecule has 1 fully saturated rings. The highest BCUT2D eigenvalue weighted by Gasteiger charge is 2.50. The van der Waals surface area contributed by atoms with Crippen molar-refractivity contribution in [3.63, 3.8) is 0 Å². The van der Waals surface area contributed by atoms with Gasteiger partial charge in [0, 0.05) is 18.4 Å². The van der Waals surface area contributed by atoms with E-state index in [0.29, 0.717) is 24.9 Å². The fourth-order valence-electron chi connectivity index (χ4n) is 6.48. The molecule has 216 valence electrons. The van der Waals surface area contributed by atoms with Crippen molar-refractivity contribution in [2.45, 2.75) is 90.0 Å². The number of carboxylic acid groups (broad SMARTS) is 1. The maximum absolute atomic E-state index is 11.9. The number of aliphatic carboxylic acids is 1. The quantitative estimate of drug-likeness (QED) is 0.114. The molecule has 1 aliphatic rings. The van der Waals surface area contributed by atoms with E-state index in [4.69, 9.17) is 8.95 Å². The number of hydrogen-bond acceptors (Lipinski definition) is 4. The van der Waals surface area contributed by atoms with Crippen LogP contribution in [0, 0.1) is 15.4 Å². The summed E-state index contributed by atoms with van der Waals surface area (Å²) in [5.74, 6) is 1.81. The third-order valence-electron chi connectivity index (χ3n) is 8.33. The van der Waals surface area contributed by atoms with Crippen LogP contribution in [0.1, 0.15) is 96.4 Å². The summed E-state index contributed by atoms with van der Waals surface area (Å²) >= 11 is 2.33. The first kappa shape index (κ1) is 31.0. The lowest BCUT2D eigenvalue weighted by Crippen LogP contribution is -2.66. The van der Waals surface area contributed by atoms with Crippen LogP contribution in [0.4, 0.5) is 0 Å². The lowest BCUT2D eigenvalue weighted by Gasteiger charge is -2.43. The second kappa shape index (κ2) is 13.3. The highest BCUT2D eigenvalue weighted by atomic mass is 127. The van der Waals surface area contributed by atoms with E-state index >= 15 is 0 Å². The van der Waals surface area contributed by atoms with Gasteiger partial charge in [0.05, 0.1) is 9.99 Å². The molecule has 4 rings (SSSR count). The van der Waals surface area contributed by atoms with Gasteiger partial charge >= 0.3 is 5.97 Å². The molecule has 1 aromatic heterocycles. The van der Waals surface area contributed by atoms with E-state index in [1.54, 1.807) is 0 Å². The van der Waals surface area contributed by atoms with Gasteiger partial charge in [0.25, 0.3) is 8.32 Å². The zero-order valence-electron chi connectivity index (χ0n) is 24.5. The van der Waals surface area contributed by atoms with Gasteiger partial charge in [0.15, 0.2) is 5.76 Å². The van der Waals surface area contributed by atoms with Crippen LogP contribution in [0.25, 0.3) is 0 Å². The van der Waals surface area contributed by atoms with Crippen molar-refractivity contribution in [3.8, 4) is 0 Å². The van der Waals surface area contributed by atoms with Crippen molar-refractivity contribution in [1.29, 1.82) is 0 Å². The summed E-state index contributed by atoms with van der Waals surface area (Å²) in [6.07, 6.45) is 5.01. The number of halogens is 1. The molecule has 0 unspecified atom stereocenters. The summed E-state index contributed by atoms with van der Waals surface area (Å²) < 4.78 is 13.9. The Morgan fingerprint density at radius 2 is 1.65 bits per heavy atom. The molecule has 1 atom stereocenters. The van der Waals surface area contributed by atoms with E-state index in [0.717, 1.165) is 40.2 Å². The van der Waals surface area contributed by atoms with Gasteiger partial charge < -0.3 is 14.1 Å². The lowest BCUT2D eigenvalue weighted by molar-refractivity contribution is -0.137. The number of carbonyl (C=O) groups is 1. The maximum atomic E-state index is 11.9. The molecule has 1 N–H and O–H groups in total. The van der Waals surface area contributed by atoms with Crippen LogP contribution in [0.5, 0.6) is 0 Å². The molecule has 0 spiro atoms. The highest BCUT2D eigenvalue weighted by molar-refractivity contribution is 14.1. The van der Waals surface area contributed by atoms with Crippen molar-refractivity contribution in [1.82, 2.24) is 5.16 Å². The molecule has 3 aromatic rings. The van der Waals surface area contributed by atoms with Crippen LogP contribution in [0.2, 0.25) is 5.04 Å². The summed E-state index contributed by atoms with van der Waals surface area (Å²) in [6, 6.07) is 21.3. The molecule has 2 aromatic carbocycles. The number of benzene rings is 2. The number of rotatable bonds is 13. The van der Waals surface area contributed by atoms with Crippen molar-refractivity contribution in [2.24, 2.45) is 11.8 Å². The van der Waals surface area contributed by atoms with Crippen LogP contribution in [0.3, 0.4) is 0 Å². The molecule has 5 nitrogen and oxygen atoms in total. The fraction of sp³-hybridized carbons (Fsp3) is 0.515. The van der Waals surface area contributed by atoms with Crippen LogP contribution in [0.15, 0.2) is 65.2 Å². The minimum Gasteiger partial charge on any atom is -0.481 e. The topological polar surface area (TPSA) is 72.6 Å². The minimum atomic E-state index is -2.62. The smallest absolute Gasteiger partial charge is 0.304 e. The van der Waals surface area contributed by atoms with Gasteiger partial charge in [-0.15, -0.1) is 0 Å².